The summed E-state index contributed by atoms with van der Waals surface area (Å²) in [6.07, 6.45) is 3.05. The number of thiocarbonyl (C=S) groups is 1. The van der Waals surface area contributed by atoms with E-state index >= 15 is 0 Å². The monoisotopic (exact) mass is 236 g/mol. The van der Waals surface area contributed by atoms with Crippen molar-refractivity contribution >= 4 is 23.0 Å². The second-order valence-corrected chi connectivity index (χ2v) is 4.28. The van der Waals surface area contributed by atoms with Gasteiger partial charge in [0.25, 0.3) is 0 Å². The molecule has 0 spiro atoms. The number of benzene rings is 1. The number of nitrogens with one attached hydrogen (secondary N) is 1. The van der Waals surface area contributed by atoms with E-state index in [4.69, 9.17) is 18.0 Å². The molecule has 0 fully saturated rings. The summed E-state index contributed by atoms with van der Waals surface area (Å²) in [7, 11) is 0. The van der Waals surface area contributed by atoms with Crippen LogP contribution in [0.2, 0.25) is 0 Å². The zero-order chi connectivity index (χ0) is 12.1. The van der Waals surface area contributed by atoms with Crippen molar-refractivity contribution < 1.29 is 0 Å². The Bertz CT molecular complexity index is 361. The SMILES string of the molecule is CCc1cc(CC)c(NC(N)=S)c(CC)c1. The molecule has 0 saturated heterocycles. The van der Waals surface area contributed by atoms with Crippen LogP contribution in [0.15, 0.2) is 12.1 Å². The quantitative estimate of drug-likeness (QED) is 0.789. The molecule has 1 aromatic carbocycles. The van der Waals surface area contributed by atoms with Crippen molar-refractivity contribution in [1.82, 2.24) is 0 Å². The Labute approximate surface area is 103 Å². The van der Waals surface area contributed by atoms with Crippen molar-refractivity contribution in [2.75, 3.05) is 5.32 Å². The van der Waals surface area contributed by atoms with Crippen molar-refractivity contribution in [3.05, 3.63) is 28.8 Å². The van der Waals surface area contributed by atoms with Gasteiger partial charge in [0.15, 0.2) is 5.11 Å². The molecule has 1 rings (SSSR count). The van der Waals surface area contributed by atoms with Crippen LogP contribution in [0.3, 0.4) is 0 Å². The molecule has 16 heavy (non-hydrogen) atoms. The van der Waals surface area contributed by atoms with Crippen molar-refractivity contribution in [2.24, 2.45) is 5.73 Å². The summed E-state index contributed by atoms with van der Waals surface area (Å²) in [4.78, 5) is 0. The highest BCUT2D eigenvalue weighted by Gasteiger charge is 2.08. The Kier molecular flexibility index (Phi) is 4.74. The number of anilines is 1. The lowest BCUT2D eigenvalue weighted by Crippen LogP contribution is -2.21. The van der Waals surface area contributed by atoms with E-state index < -0.39 is 0 Å². The maximum Gasteiger partial charge on any atom is 0.168 e. The number of hydrogen-bond acceptors (Lipinski definition) is 1. The Morgan fingerprint density at radius 1 is 1.12 bits per heavy atom. The Morgan fingerprint density at radius 3 is 1.94 bits per heavy atom. The molecule has 0 atom stereocenters. The van der Waals surface area contributed by atoms with E-state index in [9.17, 15) is 0 Å². The van der Waals surface area contributed by atoms with E-state index in [1.54, 1.807) is 0 Å². The summed E-state index contributed by atoms with van der Waals surface area (Å²) in [5.74, 6) is 0. The summed E-state index contributed by atoms with van der Waals surface area (Å²) in [6, 6.07) is 4.47. The molecule has 0 unspecified atom stereocenters. The molecular weight excluding hydrogens is 216 g/mol. The van der Waals surface area contributed by atoms with Crippen molar-refractivity contribution in [1.29, 1.82) is 0 Å². The standard InChI is InChI=1S/C13H20N2S/c1-4-9-7-10(5-2)12(15-13(14)16)11(6-3)8-9/h7-8H,4-6H2,1-3H3,(H3,14,15,16). The molecular formula is C13H20N2S. The van der Waals surface area contributed by atoms with Gasteiger partial charge < -0.3 is 11.1 Å². The van der Waals surface area contributed by atoms with E-state index in [1.165, 1.54) is 16.7 Å². The zero-order valence-electron chi connectivity index (χ0n) is 10.3. The summed E-state index contributed by atoms with van der Waals surface area (Å²) in [5, 5.41) is 3.45. The highest BCUT2D eigenvalue weighted by atomic mass is 32.1. The normalized spacial score (nSPS) is 10.2. The molecule has 88 valence electrons. The smallest absolute Gasteiger partial charge is 0.168 e. The third kappa shape index (κ3) is 2.95. The first-order chi connectivity index (χ1) is 7.62. The minimum absolute atomic E-state index is 0.341. The fourth-order valence-corrected chi connectivity index (χ4v) is 1.99. The Balaban J connectivity index is 3.25. The van der Waals surface area contributed by atoms with Gasteiger partial charge in [-0.15, -0.1) is 0 Å². The van der Waals surface area contributed by atoms with Crippen molar-refractivity contribution in [3.63, 3.8) is 0 Å². The van der Waals surface area contributed by atoms with Crippen LogP contribution in [-0.4, -0.2) is 5.11 Å². The largest absolute Gasteiger partial charge is 0.376 e. The first kappa shape index (κ1) is 13.0. The third-order valence-corrected chi connectivity index (χ3v) is 2.88. The van der Waals surface area contributed by atoms with Crippen LogP contribution in [0, 0.1) is 0 Å². The minimum Gasteiger partial charge on any atom is -0.376 e. The highest BCUT2D eigenvalue weighted by molar-refractivity contribution is 7.80. The predicted octanol–water partition coefficient (Wildman–Crippen LogP) is 3.03. The second kappa shape index (κ2) is 5.85. The molecule has 0 aromatic heterocycles. The van der Waals surface area contributed by atoms with Crippen LogP contribution in [0.5, 0.6) is 0 Å². The molecule has 0 radical (unpaired) electrons. The topological polar surface area (TPSA) is 38.0 Å². The van der Waals surface area contributed by atoms with Gasteiger partial charge in [-0.2, -0.15) is 0 Å². The molecule has 0 aliphatic carbocycles. The summed E-state index contributed by atoms with van der Waals surface area (Å²) in [6.45, 7) is 6.48. The molecule has 0 saturated carbocycles. The van der Waals surface area contributed by atoms with E-state index in [2.05, 4.69) is 38.2 Å². The van der Waals surface area contributed by atoms with Crippen LogP contribution >= 0.6 is 12.2 Å². The van der Waals surface area contributed by atoms with E-state index in [0.29, 0.717) is 5.11 Å². The van der Waals surface area contributed by atoms with Crippen LogP contribution in [0.25, 0.3) is 0 Å². The van der Waals surface area contributed by atoms with Gasteiger partial charge in [-0.1, -0.05) is 32.9 Å². The van der Waals surface area contributed by atoms with Gasteiger partial charge >= 0.3 is 0 Å². The van der Waals surface area contributed by atoms with Gasteiger partial charge in [0.2, 0.25) is 0 Å². The van der Waals surface area contributed by atoms with E-state index in [-0.39, 0.29) is 0 Å². The molecule has 3 N–H and O–H groups in total. The summed E-state index contributed by atoms with van der Waals surface area (Å²) >= 11 is 4.92. The first-order valence-corrected chi connectivity index (χ1v) is 6.24. The summed E-state index contributed by atoms with van der Waals surface area (Å²) in [5.41, 5.74) is 10.6. The van der Waals surface area contributed by atoms with E-state index in [1.807, 2.05) is 0 Å². The average molecular weight is 236 g/mol. The van der Waals surface area contributed by atoms with Gasteiger partial charge in [0, 0.05) is 5.69 Å². The minimum atomic E-state index is 0.341. The fraction of sp³-hybridized carbons (Fsp3) is 0.462. The number of nitrogens with two attached hydrogens (primary N) is 1. The number of rotatable bonds is 4. The van der Waals surface area contributed by atoms with Gasteiger partial charge in [0.05, 0.1) is 0 Å². The van der Waals surface area contributed by atoms with Crippen molar-refractivity contribution in [3.8, 4) is 0 Å². The predicted molar refractivity (Wildman–Crippen MR) is 75.0 cm³/mol. The average Bonchev–Trinajstić information content (AvgIpc) is 2.28. The maximum atomic E-state index is 5.56. The molecule has 0 bridgehead atoms. The molecule has 0 amide bonds. The molecule has 3 heteroatoms. The van der Waals surface area contributed by atoms with Crippen molar-refractivity contribution in [2.45, 2.75) is 40.0 Å². The Morgan fingerprint density at radius 2 is 1.62 bits per heavy atom. The highest BCUT2D eigenvalue weighted by Crippen LogP contribution is 2.25. The van der Waals surface area contributed by atoms with Gasteiger partial charge in [0.1, 0.15) is 0 Å². The molecule has 0 heterocycles. The Hall–Kier alpha value is -1.09. The first-order valence-electron chi connectivity index (χ1n) is 5.83. The van der Waals surface area contributed by atoms with Gasteiger partial charge in [-0.3, -0.25) is 0 Å². The molecule has 2 nitrogen and oxygen atoms in total. The number of hydrogen-bond donors (Lipinski definition) is 2. The van der Waals surface area contributed by atoms with Crippen LogP contribution in [0.1, 0.15) is 37.5 Å². The lowest BCUT2D eigenvalue weighted by molar-refractivity contribution is 1.05. The zero-order valence-corrected chi connectivity index (χ0v) is 11.1. The van der Waals surface area contributed by atoms with Crippen LogP contribution in [-0.2, 0) is 19.3 Å². The lowest BCUT2D eigenvalue weighted by Gasteiger charge is -2.16. The molecule has 1 aromatic rings. The fourth-order valence-electron chi connectivity index (χ4n) is 1.89. The molecule has 0 aliphatic rings. The second-order valence-electron chi connectivity index (χ2n) is 3.84. The maximum absolute atomic E-state index is 5.56. The number of aryl methyl sites for hydroxylation is 3. The van der Waals surface area contributed by atoms with Gasteiger partial charge in [-0.05, 0) is 48.2 Å². The van der Waals surface area contributed by atoms with E-state index in [0.717, 1.165) is 24.9 Å². The third-order valence-electron chi connectivity index (χ3n) is 2.78. The molecule has 0 aliphatic heterocycles. The lowest BCUT2D eigenvalue weighted by atomic mass is 9.98. The van der Waals surface area contributed by atoms with Crippen LogP contribution < -0.4 is 11.1 Å². The summed E-state index contributed by atoms with van der Waals surface area (Å²) < 4.78 is 0. The van der Waals surface area contributed by atoms with Crippen LogP contribution in [0.4, 0.5) is 5.69 Å². The van der Waals surface area contributed by atoms with Gasteiger partial charge in [-0.25, -0.2) is 0 Å².